The molecule has 284 valence electrons. The summed E-state index contributed by atoms with van der Waals surface area (Å²) in [5.41, 5.74) is 2.08. The number of hydrogen-bond donors (Lipinski definition) is 0. The van der Waals surface area contributed by atoms with Crippen LogP contribution in [0.5, 0.6) is 11.5 Å². The predicted molar refractivity (Wildman–Crippen MR) is 215 cm³/mol. The van der Waals surface area contributed by atoms with E-state index in [2.05, 4.69) is 26.0 Å². The van der Waals surface area contributed by atoms with Gasteiger partial charge in [-0.15, -0.1) is 0 Å². The Balaban J connectivity index is 1.15. The molecule has 3 unspecified atom stereocenters. The monoisotopic (exact) mass is 699 g/mol. The molecule has 2 aromatic carbocycles. The third-order valence-electron chi connectivity index (χ3n) is 13.3. The van der Waals surface area contributed by atoms with Gasteiger partial charge in [-0.05, 0) is 96.7 Å². The Hall–Kier alpha value is -2.29. The lowest BCUT2D eigenvalue weighted by Gasteiger charge is -2.41. The molecule has 3 nitrogen and oxygen atoms in total. The van der Waals surface area contributed by atoms with Crippen LogP contribution in [-0.2, 0) is 0 Å². The lowest BCUT2D eigenvalue weighted by molar-refractivity contribution is 0.0734. The van der Waals surface area contributed by atoms with Crippen LogP contribution in [0.3, 0.4) is 0 Å². The molecule has 51 heavy (non-hydrogen) atoms. The maximum Gasteiger partial charge on any atom is 0.343 e. The Morgan fingerprint density at radius 2 is 1.10 bits per heavy atom. The van der Waals surface area contributed by atoms with Crippen molar-refractivity contribution in [1.29, 1.82) is 0 Å². The van der Waals surface area contributed by atoms with Crippen LogP contribution in [0.1, 0.15) is 203 Å². The molecular formula is C48H74O3. The Morgan fingerprint density at radius 1 is 0.588 bits per heavy atom. The Bertz CT molecular complexity index is 1180. The van der Waals surface area contributed by atoms with E-state index in [1.165, 1.54) is 166 Å². The molecule has 0 N–H and O–H groups in total. The second-order valence-corrected chi connectivity index (χ2v) is 17.0. The number of carbonyl (C=O) groups excluding carboxylic acids is 1. The van der Waals surface area contributed by atoms with Crippen molar-refractivity contribution in [2.45, 2.75) is 187 Å². The van der Waals surface area contributed by atoms with Gasteiger partial charge in [-0.2, -0.15) is 0 Å². The molecule has 3 saturated carbocycles. The number of ether oxygens (including phenoxy) is 2. The number of esters is 1. The SMILES string of the molecule is CCCCCC1CCCCC1CCCOc1ccc(OC(=O)c2ccc(C(CCC)C(C3CCCCCCC3)C3CCCCCCC3)cc2)cc1. The van der Waals surface area contributed by atoms with E-state index in [9.17, 15) is 4.79 Å². The molecule has 0 aliphatic heterocycles. The summed E-state index contributed by atoms with van der Waals surface area (Å²) in [7, 11) is 0. The third-order valence-corrected chi connectivity index (χ3v) is 13.3. The quantitative estimate of drug-likeness (QED) is 0.0937. The molecule has 2 aromatic rings. The molecular weight excluding hydrogens is 625 g/mol. The van der Waals surface area contributed by atoms with Crippen molar-refractivity contribution in [3.05, 3.63) is 59.7 Å². The third kappa shape index (κ3) is 13.0. The standard InChI is InChI=1S/C48H74O3/c1-3-5-12-21-38-22-17-18-23-39(38)28-19-37-50-44-33-35-45(36-34-44)51-48(49)43-31-29-40(30-32-43)46(20-4-2)47(41-24-13-8-6-9-14-25-41)42-26-15-10-7-11-16-27-42/h29-36,38-39,41-42,46-47H,3-28,37H2,1-2H3. The highest BCUT2D eigenvalue weighted by atomic mass is 16.5. The lowest BCUT2D eigenvalue weighted by Crippen LogP contribution is -2.31. The smallest absolute Gasteiger partial charge is 0.343 e. The van der Waals surface area contributed by atoms with Crippen molar-refractivity contribution in [3.63, 3.8) is 0 Å². The first-order chi connectivity index (χ1) is 25.2. The van der Waals surface area contributed by atoms with Crippen LogP contribution in [-0.4, -0.2) is 12.6 Å². The van der Waals surface area contributed by atoms with Crippen LogP contribution >= 0.6 is 0 Å². The van der Waals surface area contributed by atoms with Gasteiger partial charge in [-0.3, -0.25) is 0 Å². The highest BCUT2D eigenvalue weighted by molar-refractivity contribution is 5.91. The molecule has 0 aromatic heterocycles. The van der Waals surface area contributed by atoms with Crippen LogP contribution in [0.2, 0.25) is 0 Å². The van der Waals surface area contributed by atoms with Gasteiger partial charge in [0, 0.05) is 0 Å². The Kier molecular flexibility index (Phi) is 17.8. The second kappa shape index (κ2) is 22.7. The van der Waals surface area contributed by atoms with Crippen LogP contribution in [0.25, 0.3) is 0 Å². The topological polar surface area (TPSA) is 35.5 Å². The van der Waals surface area contributed by atoms with E-state index in [1.807, 2.05) is 36.4 Å². The normalized spacial score (nSPS) is 22.0. The van der Waals surface area contributed by atoms with E-state index in [1.54, 1.807) is 0 Å². The molecule has 5 rings (SSSR count). The average molecular weight is 699 g/mol. The highest BCUT2D eigenvalue weighted by Crippen LogP contribution is 2.47. The fourth-order valence-corrected chi connectivity index (χ4v) is 10.6. The summed E-state index contributed by atoms with van der Waals surface area (Å²) in [6, 6.07) is 16.2. The fourth-order valence-electron chi connectivity index (χ4n) is 10.6. The van der Waals surface area contributed by atoms with Gasteiger partial charge in [0.2, 0.25) is 0 Å². The minimum absolute atomic E-state index is 0.278. The molecule has 0 bridgehead atoms. The van der Waals surface area contributed by atoms with E-state index in [0.717, 1.165) is 48.4 Å². The molecule has 3 fully saturated rings. The van der Waals surface area contributed by atoms with Crippen LogP contribution < -0.4 is 9.47 Å². The summed E-state index contributed by atoms with van der Waals surface area (Å²) in [5, 5.41) is 0. The zero-order valence-electron chi connectivity index (χ0n) is 32.9. The van der Waals surface area contributed by atoms with Gasteiger partial charge >= 0.3 is 5.97 Å². The van der Waals surface area contributed by atoms with Crippen molar-refractivity contribution in [2.24, 2.45) is 29.6 Å². The van der Waals surface area contributed by atoms with E-state index >= 15 is 0 Å². The summed E-state index contributed by atoms with van der Waals surface area (Å²) < 4.78 is 12.0. The summed E-state index contributed by atoms with van der Waals surface area (Å²) in [6.07, 6.45) is 35.8. The first-order valence-electron chi connectivity index (χ1n) is 22.2. The number of rotatable bonds is 17. The molecule has 0 radical (unpaired) electrons. The molecule has 0 spiro atoms. The number of benzene rings is 2. The lowest BCUT2D eigenvalue weighted by atomic mass is 9.63. The minimum atomic E-state index is -0.278. The first-order valence-corrected chi connectivity index (χ1v) is 22.2. The van der Waals surface area contributed by atoms with Gasteiger partial charge in [0.05, 0.1) is 12.2 Å². The molecule has 0 heterocycles. The van der Waals surface area contributed by atoms with Gasteiger partial charge in [0.15, 0.2) is 0 Å². The predicted octanol–water partition coefficient (Wildman–Crippen LogP) is 14.7. The van der Waals surface area contributed by atoms with Crippen LogP contribution in [0.4, 0.5) is 0 Å². The zero-order valence-corrected chi connectivity index (χ0v) is 32.9. The maximum absolute atomic E-state index is 13.3. The first kappa shape index (κ1) is 39.9. The summed E-state index contributed by atoms with van der Waals surface area (Å²) in [5.74, 6) is 5.98. The van der Waals surface area contributed by atoms with Gasteiger partial charge in [0.1, 0.15) is 11.5 Å². The fraction of sp³-hybridized carbons (Fsp3) is 0.729. The summed E-state index contributed by atoms with van der Waals surface area (Å²) in [6.45, 7) is 5.43. The Labute approximate surface area is 313 Å². The van der Waals surface area contributed by atoms with Gasteiger partial charge in [-0.25, -0.2) is 4.79 Å². The van der Waals surface area contributed by atoms with Crippen LogP contribution in [0.15, 0.2) is 48.5 Å². The number of carbonyl (C=O) groups is 1. The largest absolute Gasteiger partial charge is 0.494 e. The second-order valence-electron chi connectivity index (χ2n) is 17.0. The maximum atomic E-state index is 13.3. The van der Waals surface area contributed by atoms with E-state index in [0.29, 0.717) is 17.2 Å². The van der Waals surface area contributed by atoms with E-state index < -0.39 is 0 Å². The molecule has 3 aliphatic rings. The number of hydrogen-bond acceptors (Lipinski definition) is 3. The average Bonchev–Trinajstić information content (AvgIpc) is 3.12. The van der Waals surface area contributed by atoms with Gasteiger partial charge in [0.25, 0.3) is 0 Å². The van der Waals surface area contributed by atoms with Crippen molar-refractivity contribution >= 4 is 5.97 Å². The summed E-state index contributed by atoms with van der Waals surface area (Å²) in [4.78, 5) is 13.3. The van der Waals surface area contributed by atoms with Crippen LogP contribution in [0, 0.1) is 29.6 Å². The van der Waals surface area contributed by atoms with E-state index in [-0.39, 0.29) is 5.97 Å². The molecule has 0 saturated heterocycles. The molecule has 3 heteroatoms. The Morgan fingerprint density at radius 3 is 1.65 bits per heavy atom. The molecule has 3 aliphatic carbocycles. The van der Waals surface area contributed by atoms with Gasteiger partial charge in [-0.1, -0.05) is 174 Å². The highest BCUT2D eigenvalue weighted by Gasteiger charge is 2.36. The van der Waals surface area contributed by atoms with Crippen molar-refractivity contribution in [1.82, 2.24) is 0 Å². The molecule has 0 amide bonds. The van der Waals surface area contributed by atoms with Gasteiger partial charge < -0.3 is 9.47 Å². The van der Waals surface area contributed by atoms with Crippen molar-refractivity contribution in [2.75, 3.05) is 6.61 Å². The zero-order chi connectivity index (χ0) is 35.5. The summed E-state index contributed by atoms with van der Waals surface area (Å²) >= 11 is 0. The number of unbranched alkanes of at least 4 members (excludes halogenated alkanes) is 2. The van der Waals surface area contributed by atoms with Crippen molar-refractivity contribution < 1.29 is 14.3 Å². The van der Waals surface area contributed by atoms with Crippen molar-refractivity contribution in [3.8, 4) is 11.5 Å². The molecule has 3 atom stereocenters. The minimum Gasteiger partial charge on any atom is -0.494 e. The van der Waals surface area contributed by atoms with E-state index in [4.69, 9.17) is 9.47 Å².